The van der Waals surface area contributed by atoms with Crippen molar-refractivity contribution in [1.82, 2.24) is 5.32 Å². The zero-order valence-electron chi connectivity index (χ0n) is 8.86. The molecule has 2 saturated heterocycles. The van der Waals surface area contributed by atoms with Gasteiger partial charge in [0, 0.05) is 0 Å². The molecule has 2 aliphatic rings. The fourth-order valence-corrected chi connectivity index (χ4v) is 2.27. The highest BCUT2D eigenvalue weighted by atomic mass is 16.7. The highest BCUT2D eigenvalue weighted by molar-refractivity contribution is 5.67. The highest BCUT2D eigenvalue weighted by Gasteiger charge is 2.45. The second kappa shape index (κ2) is 4.08. The molecule has 5 heteroatoms. The second-order valence-electron chi connectivity index (χ2n) is 4.31. The second-order valence-corrected chi connectivity index (χ2v) is 4.31. The molecule has 0 bridgehead atoms. The summed E-state index contributed by atoms with van der Waals surface area (Å²) in [6.07, 6.45) is 1.85. The molecule has 15 heavy (non-hydrogen) atoms. The Balaban J connectivity index is 1.91. The van der Waals surface area contributed by atoms with Gasteiger partial charge in [-0.2, -0.15) is 0 Å². The molecule has 0 saturated carbocycles. The van der Waals surface area contributed by atoms with Crippen molar-refractivity contribution in [3.05, 3.63) is 0 Å². The van der Waals surface area contributed by atoms with E-state index in [0.29, 0.717) is 6.61 Å². The molecule has 3 atom stereocenters. The SMILES string of the molecule is CC1(C2CCCN2)OCC(CC(=O)O)O1. The van der Waals surface area contributed by atoms with Gasteiger partial charge in [-0.25, -0.2) is 0 Å². The van der Waals surface area contributed by atoms with Crippen molar-refractivity contribution in [3.8, 4) is 0 Å². The Hall–Kier alpha value is -0.650. The van der Waals surface area contributed by atoms with Gasteiger partial charge in [-0.15, -0.1) is 0 Å². The van der Waals surface area contributed by atoms with Crippen LogP contribution in [0, 0.1) is 0 Å². The first-order chi connectivity index (χ1) is 7.10. The molecule has 0 aromatic rings. The van der Waals surface area contributed by atoms with E-state index < -0.39 is 11.8 Å². The average molecular weight is 215 g/mol. The summed E-state index contributed by atoms with van der Waals surface area (Å²) >= 11 is 0. The number of carboxylic acids is 1. The standard InChI is InChI=1S/C10H17NO4/c1-10(8-3-2-4-11-8)14-6-7(15-10)5-9(12)13/h7-8,11H,2-6H2,1H3,(H,12,13). The molecular weight excluding hydrogens is 198 g/mol. The Morgan fingerprint density at radius 2 is 2.47 bits per heavy atom. The van der Waals surface area contributed by atoms with Crippen molar-refractivity contribution in [3.63, 3.8) is 0 Å². The van der Waals surface area contributed by atoms with Crippen LogP contribution in [-0.4, -0.2) is 42.2 Å². The third kappa shape index (κ3) is 2.30. The van der Waals surface area contributed by atoms with Crippen LogP contribution in [0.5, 0.6) is 0 Å². The molecule has 0 aromatic heterocycles. The van der Waals surface area contributed by atoms with Crippen LogP contribution in [0.25, 0.3) is 0 Å². The minimum absolute atomic E-state index is 0.0162. The number of hydrogen-bond acceptors (Lipinski definition) is 4. The molecule has 5 nitrogen and oxygen atoms in total. The molecule has 0 aromatic carbocycles. The van der Waals surface area contributed by atoms with E-state index in [0.717, 1.165) is 19.4 Å². The van der Waals surface area contributed by atoms with Crippen molar-refractivity contribution < 1.29 is 19.4 Å². The van der Waals surface area contributed by atoms with Crippen LogP contribution in [0.2, 0.25) is 0 Å². The van der Waals surface area contributed by atoms with Crippen LogP contribution in [0.15, 0.2) is 0 Å². The Kier molecular flexibility index (Phi) is 2.95. The quantitative estimate of drug-likeness (QED) is 0.710. The third-order valence-electron chi connectivity index (χ3n) is 3.05. The van der Waals surface area contributed by atoms with E-state index in [4.69, 9.17) is 14.6 Å². The molecule has 2 N–H and O–H groups in total. The van der Waals surface area contributed by atoms with Gasteiger partial charge >= 0.3 is 5.97 Å². The van der Waals surface area contributed by atoms with Gasteiger partial charge in [-0.1, -0.05) is 0 Å². The highest BCUT2D eigenvalue weighted by Crippen LogP contribution is 2.31. The van der Waals surface area contributed by atoms with Gasteiger partial charge in [-0.3, -0.25) is 4.79 Å². The van der Waals surface area contributed by atoms with Crippen LogP contribution in [0.3, 0.4) is 0 Å². The Bertz CT molecular complexity index is 252. The molecule has 86 valence electrons. The summed E-state index contributed by atoms with van der Waals surface area (Å²) in [5, 5.41) is 12.0. The number of rotatable bonds is 3. The molecule has 0 aliphatic carbocycles. The summed E-state index contributed by atoms with van der Waals surface area (Å²) in [6, 6.07) is 0.191. The maximum Gasteiger partial charge on any atom is 0.306 e. The van der Waals surface area contributed by atoms with Crippen molar-refractivity contribution >= 4 is 5.97 Å². The largest absolute Gasteiger partial charge is 0.481 e. The first-order valence-corrected chi connectivity index (χ1v) is 5.37. The number of carboxylic acid groups (broad SMARTS) is 1. The van der Waals surface area contributed by atoms with Crippen LogP contribution in [-0.2, 0) is 14.3 Å². The smallest absolute Gasteiger partial charge is 0.306 e. The lowest BCUT2D eigenvalue weighted by Gasteiger charge is -2.29. The predicted octanol–water partition coefficient (Wildman–Crippen LogP) is 0.345. The minimum atomic E-state index is -0.841. The zero-order chi connectivity index (χ0) is 10.9. The number of hydrogen-bond donors (Lipinski definition) is 2. The van der Waals surface area contributed by atoms with Crippen molar-refractivity contribution in [2.75, 3.05) is 13.2 Å². The molecule has 2 aliphatic heterocycles. The minimum Gasteiger partial charge on any atom is -0.481 e. The average Bonchev–Trinajstić information content (AvgIpc) is 2.74. The van der Waals surface area contributed by atoms with E-state index in [1.165, 1.54) is 0 Å². The Morgan fingerprint density at radius 1 is 1.67 bits per heavy atom. The van der Waals surface area contributed by atoms with Gasteiger partial charge in [0.15, 0.2) is 5.79 Å². The third-order valence-corrected chi connectivity index (χ3v) is 3.05. The lowest BCUT2D eigenvalue weighted by Crippen LogP contribution is -2.46. The first kappa shape index (κ1) is 10.9. The van der Waals surface area contributed by atoms with Crippen LogP contribution < -0.4 is 5.32 Å². The Labute approximate surface area is 88.7 Å². The summed E-state index contributed by atoms with van der Waals surface area (Å²) in [6.45, 7) is 3.25. The maximum atomic E-state index is 10.5. The predicted molar refractivity (Wildman–Crippen MR) is 52.5 cm³/mol. The van der Waals surface area contributed by atoms with Crippen LogP contribution in [0.4, 0.5) is 0 Å². The van der Waals surface area contributed by atoms with Gasteiger partial charge < -0.3 is 19.9 Å². The van der Waals surface area contributed by atoms with E-state index in [1.807, 2.05) is 6.92 Å². The molecule has 0 radical (unpaired) electrons. The summed E-state index contributed by atoms with van der Waals surface area (Å²) in [4.78, 5) is 10.5. The summed E-state index contributed by atoms with van der Waals surface area (Å²) in [7, 11) is 0. The molecule has 0 spiro atoms. The molecule has 2 rings (SSSR count). The molecule has 2 fully saturated rings. The Morgan fingerprint density at radius 3 is 3.07 bits per heavy atom. The lowest BCUT2D eigenvalue weighted by molar-refractivity contribution is -0.175. The van der Waals surface area contributed by atoms with Crippen molar-refractivity contribution in [2.45, 2.75) is 44.1 Å². The molecule has 2 heterocycles. The van der Waals surface area contributed by atoms with E-state index >= 15 is 0 Å². The van der Waals surface area contributed by atoms with E-state index in [-0.39, 0.29) is 18.6 Å². The van der Waals surface area contributed by atoms with E-state index in [9.17, 15) is 4.79 Å². The number of aliphatic carboxylic acids is 1. The topological polar surface area (TPSA) is 67.8 Å². The van der Waals surface area contributed by atoms with Gasteiger partial charge in [0.25, 0.3) is 0 Å². The van der Waals surface area contributed by atoms with E-state index in [1.54, 1.807) is 0 Å². The molecule has 3 unspecified atom stereocenters. The number of nitrogens with one attached hydrogen (secondary N) is 1. The summed E-state index contributed by atoms with van der Waals surface area (Å²) in [5.74, 6) is -1.48. The van der Waals surface area contributed by atoms with Gasteiger partial charge in [0.05, 0.1) is 25.2 Å². The zero-order valence-corrected chi connectivity index (χ0v) is 8.86. The maximum absolute atomic E-state index is 10.5. The van der Waals surface area contributed by atoms with Crippen LogP contribution >= 0.6 is 0 Å². The monoisotopic (exact) mass is 215 g/mol. The van der Waals surface area contributed by atoms with Gasteiger partial charge in [0.1, 0.15) is 0 Å². The molecular formula is C10H17NO4. The fourth-order valence-electron chi connectivity index (χ4n) is 2.27. The van der Waals surface area contributed by atoms with E-state index in [2.05, 4.69) is 5.32 Å². The lowest BCUT2D eigenvalue weighted by atomic mass is 10.1. The van der Waals surface area contributed by atoms with Gasteiger partial charge in [0.2, 0.25) is 0 Å². The number of ether oxygens (including phenoxy) is 2. The van der Waals surface area contributed by atoms with Crippen molar-refractivity contribution in [2.24, 2.45) is 0 Å². The fraction of sp³-hybridized carbons (Fsp3) is 0.900. The van der Waals surface area contributed by atoms with Crippen molar-refractivity contribution in [1.29, 1.82) is 0 Å². The van der Waals surface area contributed by atoms with Gasteiger partial charge in [-0.05, 0) is 26.3 Å². The normalized spacial score (nSPS) is 40.9. The summed E-state index contributed by atoms with van der Waals surface area (Å²) < 4.78 is 11.3. The number of carbonyl (C=O) groups is 1. The molecule has 0 amide bonds. The summed E-state index contributed by atoms with van der Waals surface area (Å²) in [5.41, 5.74) is 0. The van der Waals surface area contributed by atoms with Crippen LogP contribution in [0.1, 0.15) is 26.2 Å². The first-order valence-electron chi connectivity index (χ1n) is 5.37.